The van der Waals surface area contributed by atoms with Gasteiger partial charge in [0, 0.05) is 23.6 Å². The summed E-state index contributed by atoms with van der Waals surface area (Å²) in [6.45, 7) is 8.68. The third kappa shape index (κ3) is 3.41. The molecule has 0 bridgehead atoms. The summed E-state index contributed by atoms with van der Waals surface area (Å²) in [5.74, 6) is 1.96. The summed E-state index contributed by atoms with van der Waals surface area (Å²) in [5.41, 5.74) is 13.4. The zero-order valence-electron chi connectivity index (χ0n) is 26.4. The molecular formula is C38H34N6O+2. The average Bonchev–Trinajstić information content (AvgIpc) is 3.53. The van der Waals surface area contributed by atoms with Crippen LogP contribution in [0.15, 0.2) is 79.1 Å². The van der Waals surface area contributed by atoms with Crippen LogP contribution < -0.4 is 14.0 Å². The second-order valence-corrected chi connectivity index (χ2v) is 12.7. The van der Waals surface area contributed by atoms with Crippen molar-refractivity contribution in [1.82, 2.24) is 19.1 Å². The summed E-state index contributed by atoms with van der Waals surface area (Å²) < 4.78 is 16.0. The first-order chi connectivity index (χ1) is 21.8. The Labute approximate surface area is 260 Å². The highest BCUT2D eigenvalue weighted by Gasteiger charge is 2.34. The fourth-order valence-corrected chi connectivity index (χ4v) is 7.78. The number of hydrogen-bond donors (Lipinski definition) is 0. The van der Waals surface area contributed by atoms with Crippen LogP contribution in [-0.4, -0.2) is 19.1 Å². The zero-order valence-corrected chi connectivity index (χ0v) is 26.4. The van der Waals surface area contributed by atoms with E-state index in [9.17, 15) is 0 Å². The Morgan fingerprint density at radius 2 is 1.58 bits per heavy atom. The van der Waals surface area contributed by atoms with Gasteiger partial charge in [-0.15, -0.1) is 9.36 Å². The second kappa shape index (κ2) is 9.11. The maximum atomic E-state index is 6.83. The molecule has 0 unspecified atom stereocenters. The van der Waals surface area contributed by atoms with Crippen LogP contribution in [0.25, 0.3) is 55.1 Å². The number of nitrogens with zero attached hydrogens (tertiary/aromatic N) is 6. The molecule has 0 atom stereocenters. The van der Waals surface area contributed by atoms with Gasteiger partial charge in [0.2, 0.25) is 5.52 Å². The van der Waals surface area contributed by atoms with Crippen LogP contribution in [0.2, 0.25) is 0 Å². The Morgan fingerprint density at radius 3 is 2.38 bits per heavy atom. The van der Waals surface area contributed by atoms with Crippen LogP contribution in [0.1, 0.15) is 47.8 Å². The molecule has 1 aliphatic heterocycles. The average molecular weight is 591 g/mol. The molecule has 220 valence electrons. The maximum Gasteiger partial charge on any atom is 0.297 e. The lowest BCUT2D eigenvalue weighted by Crippen LogP contribution is -2.39. The molecule has 0 saturated heterocycles. The Morgan fingerprint density at radius 1 is 0.822 bits per heavy atom. The predicted octanol–water partition coefficient (Wildman–Crippen LogP) is 7.22. The molecule has 45 heavy (non-hydrogen) atoms. The van der Waals surface area contributed by atoms with E-state index in [4.69, 9.17) is 14.7 Å². The highest BCUT2D eigenvalue weighted by molar-refractivity contribution is 6.14. The van der Waals surface area contributed by atoms with Gasteiger partial charge in [0.15, 0.2) is 23.8 Å². The van der Waals surface area contributed by atoms with Crippen molar-refractivity contribution in [2.75, 3.05) is 0 Å². The molecule has 7 heteroatoms. The normalized spacial score (nSPS) is 13.0. The lowest BCUT2D eigenvalue weighted by Gasteiger charge is -2.25. The molecule has 0 saturated carbocycles. The zero-order chi connectivity index (χ0) is 30.7. The van der Waals surface area contributed by atoms with E-state index in [-0.39, 0.29) is 0 Å². The van der Waals surface area contributed by atoms with Crippen LogP contribution in [0.3, 0.4) is 0 Å². The minimum absolute atomic E-state index is 0.339. The van der Waals surface area contributed by atoms with Crippen LogP contribution in [0, 0.1) is 13.8 Å². The molecule has 9 rings (SSSR count). The molecule has 3 aromatic carbocycles. The summed E-state index contributed by atoms with van der Waals surface area (Å²) in [4.78, 5) is 10.2. The Hall–Kier alpha value is -5.30. The van der Waals surface area contributed by atoms with Crippen molar-refractivity contribution in [3.63, 3.8) is 0 Å². The monoisotopic (exact) mass is 590 g/mol. The van der Waals surface area contributed by atoms with Gasteiger partial charge in [-0.05, 0) is 49.6 Å². The van der Waals surface area contributed by atoms with E-state index in [2.05, 4.69) is 126 Å². The first-order valence-corrected chi connectivity index (χ1v) is 15.6. The van der Waals surface area contributed by atoms with Gasteiger partial charge in [0.25, 0.3) is 5.65 Å². The third-order valence-corrected chi connectivity index (χ3v) is 9.79. The number of para-hydroxylation sites is 3. The van der Waals surface area contributed by atoms with Gasteiger partial charge in [0.05, 0.1) is 52.5 Å². The van der Waals surface area contributed by atoms with Crippen LogP contribution in [-0.2, 0) is 20.5 Å². The summed E-state index contributed by atoms with van der Waals surface area (Å²) in [5, 5.41) is 3.52. The summed E-state index contributed by atoms with van der Waals surface area (Å²) >= 11 is 0. The van der Waals surface area contributed by atoms with Gasteiger partial charge < -0.3 is 4.74 Å². The van der Waals surface area contributed by atoms with E-state index >= 15 is 0 Å². The van der Waals surface area contributed by atoms with Crippen molar-refractivity contribution < 1.29 is 14.0 Å². The second-order valence-electron chi connectivity index (χ2n) is 12.7. The van der Waals surface area contributed by atoms with E-state index in [1.807, 2.05) is 13.1 Å². The summed E-state index contributed by atoms with van der Waals surface area (Å²) in [6, 6.07) is 23.8. The lowest BCUT2D eigenvalue weighted by molar-refractivity contribution is -0.720. The standard InChI is InChI=1S/C38H34N6O/c1-21(2)25-13-11-17-31-33(25)35-34(38-41(5)29-15-9-10-16-30(29)44(31)38)26-18-27-36(43-20-24-12-7-8-14-28(24)42(43)6)22(3)40-23(4)37(27)45-32(26)19-39-35/h7-17,19-21H,18H2,1-6H3/q+2. The minimum atomic E-state index is 0.339. The van der Waals surface area contributed by atoms with Crippen LogP contribution in [0.4, 0.5) is 0 Å². The van der Waals surface area contributed by atoms with Gasteiger partial charge in [-0.25, -0.2) is 4.57 Å². The molecule has 7 nitrogen and oxygen atoms in total. The fourth-order valence-electron chi connectivity index (χ4n) is 7.78. The Kier molecular flexibility index (Phi) is 5.29. The van der Waals surface area contributed by atoms with Crippen molar-refractivity contribution in [3.05, 3.63) is 107 Å². The summed E-state index contributed by atoms with van der Waals surface area (Å²) in [6.07, 6.45) is 4.83. The molecule has 1 aliphatic rings. The number of pyridine rings is 3. The first-order valence-electron chi connectivity index (χ1n) is 15.6. The van der Waals surface area contributed by atoms with Crippen molar-refractivity contribution in [3.8, 4) is 17.2 Å². The van der Waals surface area contributed by atoms with Crippen molar-refractivity contribution in [2.45, 2.75) is 40.0 Å². The molecule has 5 aromatic heterocycles. The van der Waals surface area contributed by atoms with Crippen molar-refractivity contribution >= 4 is 49.4 Å². The van der Waals surface area contributed by atoms with Crippen molar-refractivity contribution in [1.29, 1.82) is 0 Å². The Bertz CT molecular complexity index is 2570. The number of benzene rings is 3. The van der Waals surface area contributed by atoms with Crippen molar-refractivity contribution in [2.24, 2.45) is 14.1 Å². The maximum absolute atomic E-state index is 6.83. The Balaban J connectivity index is 1.43. The topological polar surface area (TPSA) is 52.1 Å². The minimum Gasteiger partial charge on any atom is -0.453 e. The highest BCUT2D eigenvalue weighted by Crippen LogP contribution is 2.46. The van der Waals surface area contributed by atoms with Gasteiger partial charge >= 0.3 is 0 Å². The third-order valence-electron chi connectivity index (χ3n) is 9.79. The number of imidazole rings is 1. The largest absolute Gasteiger partial charge is 0.453 e. The van der Waals surface area contributed by atoms with E-state index in [0.717, 1.165) is 56.3 Å². The number of rotatable bonds is 2. The smallest absolute Gasteiger partial charge is 0.297 e. The van der Waals surface area contributed by atoms with E-state index in [1.165, 1.54) is 38.4 Å². The molecule has 6 heterocycles. The lowest BCUT2D eigenvalue weighted by atomic mass is 9.92. The van der Waals surface area contributed by atoms with E-state index < -0.39 is 0 Å². The number of hydrogen-bond acceptors (Lipinski definition) is 3. The molecule has 8 aromatic rings. The van der Waals surface area contributed by atoms with Gasteiger partial charge in [-0.1, -0.05) is 50.2 Å². The van der Waals surface area contributed by atoms with Gasteiger partial charge in [-0.3, -0.25) is 9.97 Å². The molecule has 0 fully saturated rings. The molecular weight excluding hydrogens is 556 g/mol. The molecule has 0 radical (unpaired) electrons. The molecule has 0 N–H and O–H groups in total. The number of aryl methyl sites for hydroxylation is 4. The van der Waals surface area contributed by atoms with E-state index in [0.29, 0.717) is 12.3 Å². The predicted molar refractivity (Wildman–Crippen MR) is 178 cm³/mol. The fraction of sp³-hybridized carbons (Fsp3) is 0.211. The number of aromatic nitrogens is 6. The molecule has 0 spiro atoms. The SMILES string of the molecule is Cc1nc(C)c(-n2cc3ccccc3[n+]2C)c2c1Oc1cnc3c4c(C(C)C)cccc4n4c5ccccc5[n+](C)c4c3c1C2. The molecule has 0 amide bonds. The molecule has 0 aliphatic carbocycles. The van der Waals surface area contributed by atoms with Crippen LogP contribution in [0.5, 0.6) is 11.5 Å². The van der Waals surface area contributed by atoms with Crippen LogP contribution >= 0.6 is 0 Å². The highest BCUT2D eigenvalue weighted by atomic mass is 16.5. The van der Waals surface area contributed by atoms with E-state index in [1.54, 1.807) is 0 Å². The first kappa shape index (κ1) is 26.1. The number of ether oxygens (including phenoxy) is 1. The summed E-state index contributed by atoms with van der Waals surface area (Å²) in [7, 11) is 4.28. The van der Waals surface area contributed by atoms with Gasteiger partial charge in [-0.2, -0.15) is 4.40 Å². The number of fused-ring (bicyclic) bond motifs is 12. The quantitative estimate of drug-likeness (QED) is 0.158. The van der Waals surface area contributed by atoms with Gasteiger partial charge in [0.1, 0.15) is 17.0 Å².